The van der Waals surface area contributed by atoms with Crippen LogP contribution in [0.2, 0.25) is 0 Å². The lowest BCUT2D eigenvalue weighted by atomic mass is 10.0. The van der Waals surface area contributed by atoms with Crippen LogP contribution < -0.4 is 5.73 Å². The van der Waals surface area contributed by atoms with Gasteiger partial charge in [-0.1, -0.05) is 0 Å². The second kappa shape index (κ2) is 5.33. The van der Waals surface area contributed by atoms with E-state index in [1.54, 1.807) is 0 Å². The molecule has 0 saturated carbocycles. The summed E-state index contributed by atoms with van der Waals surface area (Å²) in [5.41, 5.74) is 2.55. The topological polar surface area (TPSA) is 116 Å². The van der Waals surface area contributed by atoms with E-state index in [1.807, 2.05) is 0 Å². The van der Waals surface area contributed by atoms with E-state index in [-0.39, 0.29) is 5.89 Å². The van der Waals surface area contributed by atoms with Crippen LogP contribution in [0.3, 0.4) is 0 Å². The number of nitrogens with zero attached hydrogens (tertiary/aromatic N) is 2. The summed E-state index contributed by atoms with van der Waals surface area (Å²) in [6, 6.07) is 1.25. The van der Waals surface area contributed by atoms with Crippen LogP contribution in [0.5, 0.6) is 0 Å². The van der Waals surface area contributed by atoms with Gasteiger partial charge in [0.15, 0.2) is 9.84 Å². The van der Waals surface area contributed by atoms with Gasteiger partial charge in [0.25, 0.3) is 0 Å². The van der Waals surface area contributed by atoms with Gasteiger partial charge < -0.3 is 10.2 Å². The molecule has 2 N–H and O–H groups in total. The average Bonchev–Trinajstić information content (AvgIpc) is 2.81. The summed E-state index contributed by atoms with van der Waals surface area (Å²) in [6.07, 6.45) is -4.40. The number of aryl methyl sites for hydroxylation is 1. The monoisotopic (exact) mass is 349 g/mol. The summed E-state index contributed by atoms with van der Waals surface area (Å²) in [5, 5.41) is 6.93. The van der Waals surface area contributed by atoms with Crippen molar-refractivity contribution in [3.8, 4) is 11.5 Å². The molecule has 0 radical (unpaired) electrons. The second-order valence-electron chi connectivity index (χ2n) is 4.63. The van der Waals surface area contributed by atoms with Gasteiger partial charge >= 0.3 is 6.18 Å². The molecule has 23 heavy (non-hydrogen) atoms. The number of primary amides is 1. The lowest BCUT2D eigenvalue weighted by Crippen LogP contribution is -2.19. The minimum absolute atomic E-state index is 0.0210. The zero-order valence-electron chi connectivity index (χ0n) is 11.8. The van der Waals surface area contributed by atoms with Gasteiger partial charge in [-0.2, -0.15) is 13.2 Å². The molecule has 0 spiro atoms. The number of sulfone groups is 1. The van der Waals surface area contributed by atoms with Crippen LogP contribution >= 0.6 is 0 Å². The summed E-state index contributed by atoms with van der Waals surface area (Å²) in [4.78, 5) is 10.4. The molecule has 1 aromatic carbocycles. The van der Waals surface area contributed by atoms with Crippen molar-refractivity contribution in [3.05, 3.63) is 29.2 Å². The molecule has 1 heterocycles. The Hall–Kier alpha value is -2.43. The Morgan fingerprint density at radius 2 is 1.87 bits per heavy atom. The fourth-order valence-corrected chi connectivity index (χ4v) is 3.16. The number of nitrogens with two attached hydrogens (primary N) is 1. The smallest absolute Gasteiger partial charge is 0.417 e. The highest BCUT2D eigenvalue weighted by Crippen LogP contribution is 2.40. The molecule has 0 unspecified atom stereocenters. The Morgan fingerprint density at radius 1 is 1.26 bits per heavy atom. The van der Waals surface area contributed by atoms with Crippen molar-refractivity contribution in [1.82, 2.24) is 10.2 Å². The number of benzene rings is 1. The van der Waals surface area contributed by atoms with Gasteiger partial charge in [-0.3, -0.25) is 4.79 Å². The predicted molar refractivity (Wildman–Crippen MR) is 71.1 cm³/mol. The predicted octanol–water partition coefficient (Wildman–Crippen LogP) is 1.57. The summed E-state index contributed by atoms with van der Waals surface area (Å²) in [5.74, 6) is -1.69. The zero-order valence-corrected chi connectivity index (χ0v) is 12.6. The summed E-state index contributed by atoms with van der Waals surface area (Å²) in [6.45, 7) is 1.36. The average molecular weight is 349 g/mol. The molecule has 124 valence electrons. The van der Waals surface area contributed by atoms with Crippen LogP contribution in [-0.4, -0.2) is 30.8 Å². The van der Waals surface area contributed by atoms with Crippen LogP contribution in [0.1, 0.15) is 21.8 Å². The molecule has 0 aliphatic rings. The van der Waals surface area contributed by atoms with Crippen molar-refractivity contribution in [1.29, 1.82) is 0 Å². The number of carbonyl (C=O) groups excluding carboxylic acids is 1. The first-order valence-electron chi connectivity index (χ1n) is 5.97. The second-order valence-corrected chi connectivity index (χ2v) is 6.58. The quantitative estimate of drug-likeness (QED) is 0.899. The van der Waals surface area contributed by atoms with E-state index in [1.165, 1.54) is 6.92 Å². The van der Waals surface area contributed by atoms with Gasteiger partial charge in [-0.15, -0.1) is 10.2 Å². The molecule has 0 saturated heterocycles. The van der Waals surface area contributed by atoms with Crippen molar-refractivity contribution in [2.45, 2.75) is 18.0 Å². The Morgan fingerprint density at radius 3 is 2.26 bits per heavy atom. The van der Waals surface area contributed by atoms with Gasteiger partial charge in [0.05, 0.1) is 21.6 Å². The maximum atomic E-state index is 13.2. The van der Waals surface area contributed by atoms with E-state index in [9.17, 15) is 26.4 Å². The maximum absolute atomic E-state index is 13.2. The summed E-state index contributed by atoms with van der Waals surface area (Å²) in [7, 11) is -4.40. The molecule has 11 heteroatoms. The lowest BCUT2D eigenvalue weighted by Gasteiger charge is -2.16. The van der Waals surface area contributed by atoms with Gasteiger partial charge in [0.1, 0.15) is 0 Å². The molecular weight excluding hydrogens is 339 g/mol. The van der Waals surface area contributed by atoms with Crippen LogP contribution in [0.15, 0.2) is 21.4 Å². The standard InChI is InChI=1S/C12H10F3N3O4S/c1-5-17-18-11(22-5)8-6(10(16)19)3-4-7(12(13,14)15)9(8)23(2,20)21/h3-4H,1-2H3,(H2,16,19). The van der Waals surface area contributed by atoms with Crippen molar-refractivity contribution in [2.75, 3.05) is 6.26 Å². The van der Waals surface area contributed by atoms with E-state index in [4.69, 9.17) is 10.2 Å². The molecule has 7 nitrogen and oxygen atoms in total. The van der Waals surface area contributed by atoms with Gasteiger partial charge in [0.2, 0.25) is 17.7 Å². The van der Waals surface area contributed by atoms with Crippen LogP contribution in [0.4, 0.5) is 13.2 Å². The number of hydrogen-bond acceptors (Lipinski definition) is 6. The molecule has 0 fully saturated rings. The lowest BCUT2D eigenvalue weighted by molar-refractivity contribution is -0.139. The Bertz CT molecular complexity index is 887. The van der Waals surface area contributed by atoms with E-state index in [0.29, 0.717) is 12.3 Å². The molecule has 2 aromatic rings. The molecule has 0 atom stereocenters. The summed E-state index contributed by atoms with van der Waals surface area (Å²) >= 11 is 0. The third-order valence-electron chi connectivity index (χ3n) is 2.84. The Labute approximate surface area is 128 Å². The third kappa shape index (κ3) is 3.18. The number of rotatable bonds is 3. The number of alkyl halides is 3. The minimum Gasteiger partial charge on any atom is -0.421 e. The Balaban J connectivity index is 3.03. The normalized spacial score (nSPS) is 12.4. The fraction of sp³-hybridized carbons (Fsp3) is 0.250. The molecule has 1 aromatic heterocycles. The van der Waals surface area contributed by atoms with Crippen LogP contribution in [0, 0.1) is 6.92 Å². The molecule has 0 bridgehead atoms. The van der Waals surface area contributed by atoms with E-state index < -0.39 is 49.4 Å². The molecule has 2 rings (SSSR count). The number of amides is 1. The number of carbonyl (C=O) groups is 1. The first kappa shape index (κ1) is 16.9. The van der Waals surface area contributed by atoms with E-state index >= 15 is 0 Å². The first-order valence-corrected chi connectivity index (χ1v) is 7.86. The number of hydrogen-bond donors (Lipinski definition) is 1. The van der Waals surface area contributed by atoms with E-state index in [0.717, 1.165) is 6.07 Å². The third-order valence-corrected chi connectivity index (χ3v) is 4.00. The van der Waals surface area contributed by atoms with Gasteiger partial charge in [-0.05, 0) is 12.1 Å². The van der Waals surface area contributed by atoms with Gasteiger partial charge in [-0.25, -0.2) is 8.42 Å². The molecule has 0 aliphatic heterocycles. The highest BCUT2D eigenvalue weighted by molar-refractivity contribution is 7.91. The minimum atomic E-state index is -4.97. The van der Waals surface area contributed by atoms with Crippen molar-refractivity contribution in [2.24, 2.45) is 5.73 Å². The first-order chi connectivity index (χ1) is 10.4. The Kier molecular flexibility index (Phi) is 3.93. The molecular formula is C12H10F3N3O4S. The van der Waals surface area contributed by atoms with E-state index in [2.05, 4.69) is 10.2 Å². The van der Waals surface area contributed by atoms with Crippen molar-refractivity contribution >= 4 is 15.7 Å². The van der Waals surface area contributed by atoms with Crippen LogP contribution in [0.25, 0.3) is 11.5 Å². The summed E-state index contributed by atoms with van der Waals surface area (Å²) < 4.78 is 68.4. The van der Waals surface area contributed by atoms with Crippen molar-refractivity contribution < 1.29 is 30.8 Å². The number of halogens is 3. The van der Waals surface area contributed by atoms with Crippen LogP contribution in [-0.2, 0) is 16.0 Å². The molecule has 0 aliphatic carbocycles. The highest BCUT2D eigenvalue weighted by atomic mass is 32.2. The highest BCUT2D eigenvalue weighted by Gasteiger charge is 2.40. The zero-order chi connectivity index (χ0) is 17.6. The fourth-order valence-electron chi connectivity index (χ4n) is 2.01. The SMILES string of the molecule is Cc1nnc(-c2c(C(N)=O)ccc(C(F)(F)F)c2S(C)(=O)=O)o1. The number of aromatic nitrogens is 2. The van der Waals surface area contributed by atoms with Crippen molar-refractivity contribution in [3.63, 3.8) is 0 Å². The maximum Gasteiger partial charge on any atom is 0.417 e. The largest absolute Gasteiger partial charge is 0.421 e. The molecule has 1 amide bonds. The van der Waals surface area contributed by atoms with Gasteiger partial charge in [0, 0.05) is 13.2 Å².